The largest absolute Gasteiger partial charge is 0.423 e. The molecule has 5 rings (SSSR count). The first-order valence-electron chi connectivity index (χ1n) is 10.3. The summed E-state index contributed by atoms with van der Waals surface area (Å²) in [6.07, 6.45) is 3.83. The highest BCUT2D eigenvalue weighted by atomic mass is 16.4. The number of carbonyl (C=O) groups is 1. The van der Waals surface area contributed by atoms with Crippen LogP contribution in [0.1, 0.15) is 36.7 Å². The summed E-state index contributed by atoms with van der Waals surface area (Å²) in [5.74, 6) is 0.914. The van der Waals surface area contributed by atoms with Crippen molar-refractivity contribution in [2.24, 2.45) is 0 Å². The molecule has 0 saturated heterocycles. The van der Waals surface area contributed by atoms with Gasteiger partial charge in [0.2, 0.25) is 18.2 Å². The summed E-state index contributed by atoms with van der Waals surface area (Å²) < 4.78 is 7.01. The fourth-order valence-corrected chi connectivity index (χ4v) is 3.70. The van der Waals surface area contributed by atoms with E-state index in [0.717, 1.165) is 24.0 Å². The van der Waals surface area contributed by atoms with Crippen LogP contribution in [0.4, 0.5) is 5.69 Å². The number of benzene rings is 2. The molecule has 156 valence electrons. The molecular formula is C23H21N5O3. The number of anilines is 1. The van der Waals surface area contributed by atoms with E-state index in [1.54, 1.807) is 10.6 Å². The van der Waals surface area contributed by atoms with Crippen LogP contribution in [0.3, 0.4) is 0 Å². The topological polar surface area (TPSA) is 103 Å². The average Bonchev–Trinajstić information content (AvgIpc) is 3.45. The minimum absolute atomic E-state index is 0.0217. The third kappa shape index (κ3) is 3.84. The number of fused-ring (bicyclic) bond motifs is 1. The highest BCUT2D eigenvalue weighted by Crippen LogP contribution is 2.35. The molecule has 0 spiro atoms. The van der Waals surface area contributed by atoms with E-state index in [-0.39, 0.29) is 23.9 Å². The maximum atomic E-state index is 13.0. The summed E-state index contributed by atoms with van der Waals surface area (Å²) in [5.41, 5.74) is 2.99. The molecule has 0 bridgehead atoms. The predicted octanol–water partition coefficient (Wildman–Crippen LogP) is 3.66. The molecule has 1 amide bonds. The van der Waals surface area contributed by atoms with Crippen LogP contribution in [0.2, 0.25) is 0 Å². The Balaban J connectivity index is 1.36. The molecule has 0 atom stereocenters. The Morgan fingerprint density at radius 1 is 1.23 bits per heavy atom. The van der Waals surface area contributed by atoms with Gasteiger partial charge in [-0.25, -0.2) is 4.98 Å². The van der Waals surface area contributed by atoms with Gasteiger partial charge in [-0.05, 0) is 49.6 Å². The second-order valence-electron chi connectivity index (χ2n) is 7.77. The first kappa shape index (κ1) is 19.2. The number of hydrogen-bond donors (Lipinski definition) is 1. The molecule has 1 saturated carbocycles. The van der Waals surface area contributed by atoms with E-state index in [2.05, 4.69) is 15.5 Å². The molecule has 2 aromatic heterocycles. The van der Waals surface area contributed by atoms with E-state index in [1.165, 1.54) is 6.39 Å². The summed E-state index contributed by atoms with van der Waals surface area (Å²) in [5, 5.41) is 11.2. The van der Waals surface area contributed by atoms with Crippen molar-refractivity contribution in [1.29, 1.82) is 0 Å². The van der Waals surface area contributed by atoms with E-state index >= 15 is 0 Å². The van der Waals surface area contributed by atoms with E-state index < -0.39 is 0 Å². The van der Waals surface area contributed by atoms with Gasteiger partial charge in [-0.15, -0.1) is 10.2 Å². The Kier molecular flexibility index (Phi) is 4.82. The van der Waals surface area contributed by atoms with Crippen LogP contribution in [0.25, 0.3) is 22.4 Å². The maximum Gasteiger partial charge on any atom is 0.261 e. The summed E-state index contributed by atoms with van der Waals surface area (Å²) in [6.45, 7) is 1.92. The molecule has 2 aromatic carbocycles. The summed E-state index contributed by atoms with van der Waals surface area (Å²) in [6, 6.07) is 13.1. The number of aromatic nitrogens is 4. The van der Waals surface area contributed by atoms with Crippen molar-refractivity contribution < 1.29 is 9.21 Å². The molecule has 1 N–H and O–H groups in total. The Hall–Kier alpha value is -3.81. The van der Waals surface area contributed by atoms with E-state index in [1.807, 2.05) is 43.3 Å². The molecule has 8 nitrogen and oxygen atoms in total. The van der Waals surface area contributed by atoms with Gasteiger partial charge in [0, 0.05) is 30.1 Å². The lowest BCUT2D eigenvalue weighted by atomic mass is 10.1. The number of hydrogen-bond acceptors (Lipinski definition) is 6. The molecule has 0 aliphatic heterocycles. The van der Waals surface area contributed by atoms with E-state index in [4.69, 9.17) is 9.40 Å². The lowest BCUT2D eigenvalue weighted by molar-refractivity contribution is -0.116. The van der Waals surface area contributed by atoms with Crippen LogP contribution in [0.15, 0.2) is 58.1 Å². The van der Waals surface area contributed by atoms with Crippen molar-refractivity contribution >= 4 is 22.5 Å². The number of nitrogens with one attached hydrogen (secondary N) is 1. The molecule has 2 heterocycles. The molecular weight excluding hydrogens is 394 g/mol. The number of amides is 1. The van der Waals surface area contributed by atoms with Gasteiger partial charge in [0.1, 0.15) is 5.82 Å². The molecule has 0 unspecified atom stereocenters. The normalized spacial score (nSPS) is 13.5. The monoisotopic (exact) mass is 415 g/mol. The highest BCUT2D eigenvalue weighted by Gasteiger charge is 2.28. The molecule has 31 heavy (non-hydrogen) atoms. The number of nitrogens with zero attached hydrogens (tertiary/aromatic N) is 4. The first-order chi connectivity index (χ1) is 15.1. The van der Waals surface area contributed by atoms with Crippen molar-refractivity contribution in [2.75, 3.05) is 5.32 Å². The second kappa shape index (κ2) is 7.79. The smallest absolute Gasteiger partial charge is 0.261 e. The lowest BCUT2D eigenvalue weighted by Gasteiger charge is -2.13. The van der Waals surface area contributed by atoms with Gasteiger partial charge >= 0.3 is 0 Å². The zero-order valence-electron chi connectivity index (χ0n) is 17.0. The van der Waals surface area contributed by atoms with E-state index in [0.29, 0.717) is 34.7 Å². The van der Waals surface area contributed by atoms with Crippen LogP contribution >= 0.6 is 0 Å². The molecule has 0 radical (unpaired) electrons. The van der Waals surface area contributed by atoms with Gasteiger partial charge in [-0.1, -0.05) is 18.2 Å². The Bertz CT molecular complexity index is 1320. The van der Waals surface area contributed by atoms with Gasteiger partial charge in [0.15, 0.2) is 0 Å². The number of rotatable bonds is 6. The van der Waals surface area contributed by atoms with Crippen LogP contribution in [0, 0.1) is 6.92 Å². The minimum Gasteiger partial charge on any atom is -0.423 e. The number of aryl methyl sites for hydroxylation is 2. The lowest BCUT2D eigenvalue weighted by Crippen LogP contribution is -2.25. The minimum atomic E-state index is -0.143. The number of carbonyl (C=O) groups excluding carboxylic acids is 1. The first-order valence-corrected chi connectivity index (χ1v) is 10.3. The second-order valence-corrected chi connectivity index (χ2v) is 7.77. The maximum absolute atomic E-state index is 13.0. The standard InChI is InChI=1S/C23H21N5O3/c1-14-6-7-15(22-27-24-13-31-22)12-19(14)26-21(29)11-10-20-25-18-5-3-2-4-17(18)23(30)28(20)16-8-9-16/h2-7,12-13,16H,8-11H2,1H3,(H,26,29). The SMILES string of the molecule is Cc1ccc(-c2nnco2)cc1NC(=O)CCc1nc2ccccc2c(=O)n1C1CC1. The fourth-order valence-electron chi connectivity index (χ4n) is 3.70. The van der Waals surface area contributed by atoms with Crippen molar-refractivity contribution in [3.8, 4) is 11.5 Å². The summed E-state index contributed by atoms with van der Waals surface area (Å²) in [4.78, 5) is 30.4. The third-order valence-corrected chi connectivity index (χ3v) is 5.49. The zero-order chi connectivity index (χ0) is 21.4. The van der Waals surface area contributed by atoms with Crippen molar-refractivity contribution in [1.82, 2.24) is 19.7 Å². The van der Waals surface area contributed by atoms with Crippen molar-refractivity contribution in [2.45, 2.75) is 38.6 Å². The Morgan fingerprint density at radius 3 is 2.84 bits per heavy atom. The van der Waals surface area contributed by atoms with Gasteiger partial charge < -0.3 is 9.73 Å². The Labute approximate surface area is 178 Å². The highest BCUT2D eigenvalue weighted by molar-refractivity contribution is 5.92. The Morgan fingerprint density at radius 2 is 2.06 bits per heavy atom. The van der Waals surface area contributed by atoms with Crippen LogP contribution < -0.4 is 10.9 Å². The molecule has 1 aliphatic carbocycles. The fraction of sp³-hybridized carbons (Fsp3) is 0.261. The van der Waals surface area contributed by atoms with Crippen LogP contribution in [0.5, 0.6) is 0 Å². The summed E-state index contributed by atoms with van der Waals surface area (Å²) in [7, 11) is 0. The molecule has 1 aliphatic rings. The van der Waals surface area contributed by atoms with Crippen LogP contribution in [-0.4, -0.2) is 25.7 Å². The third-order valence-electron chi connectivity index (χ3n) is 5.49. The van der Waals surface area contributed by atoms with Gasteiger partial charge in [0.25, 0.3) is 5.56 Å². The van der Waals surface area contributed by atoms with Crippen LogP contribution in [-0.2, 0) is 11.2 Å². The van der Waals surface area contributed by atoms with E-state index in [9.17, 15) is 9.59 Å². The molecule has 4 aromatic rings. The predicted molar refractivity (Wildman–Crippen MR) is 116 cm³/mol. The van der Waals surface area contributed by atoms with Crippen molar-refractivity contribution in [3.05, 3.63) is 70.6 Å². The molecule has 1 fully saturated rings. The van der Waals surface area contributed by atoms with Gasteiger partial charge in [-0.2, -0.15) is 0 Å². The number of para-hydroxylation sites is 1. The average molecular weight is 415 g/mol. The van der Waals surface area contributed by atoms with Crippen molar-refractivity contribution in [3.63, 3.8) is 0 Å². The quantitative estimate of drug-likeness (QED) is 0.515. The van der Waals surface area contributed by atoms with Gasteiger partial charge in [0.05, 0.1) is 10.9 Å². The van der Waals surface area contributed by atoms with Gasteiger partial charge in [-0.3, -0.25) is 14.2 Å². The molecule has 8 heteroatoms. The summed E-state index contributed by atoms with van der Waals surface area (Å²) >= 11 is 0. The zero-order valence-corrected chi connectivity index (χ0v) is 17.0.